The maximum atomic E-state index is 5.89. The lowest BCUT2D eigenvalue weighted by atomic mass is 10.2. The highest BCUT2D eigenvalue weighted by Crippen LogP contribution is 2.17. The summed E-state index contributed by atoms with van der Waals surface area (Å²) in [5.74, 6) is 2.38. The minimum absolute atomic E-state index is 0.191. The number of nitrogens with one attached hydrogen (secondary N) is 2. The summed E-state index contributed by atoms with van der Waals surface area (Å²) >= 11 is 0. The Labute approximate surface area is 158 Å². The fourth-order valence-electron chi connectivity index (χ4n) is 3.14. The molecule has 1 heterocycles. The molecule has 1 atom stereocenters. The first-order valence-electron chi connectivity index (χ1n) is 9.61. The molecule has 146 valence electrons. The van der Waals surface area contributed by atoms with Crippen LogP contribution in [0.5, 0.6) is 5.75 Å². The molecule has 0 bridgehead atoms. The second-order valence-electron chi connectivity index (χ2n) is 6.99. The maximum Gasteiger partial charge on any atom is 0.191 e. The van der Waals surface area contributed by atoms with E-state index in [1.807, 2.05) is 25.1 Å². The quantitative estimate of drug-likeness (QED) is 0.548. The minimum atomic E-state index is 0.191. The van der Waals surface area contributed by atoms with Crippen LogP contribution in [0.3, 0.4) is 0 Å². The average Bonchev–Trinajstić information content (AvgIpc) is 2.63. The summed E-state index contributed by atoms with van der Waals surface area (Å²) in [5, 5.41) is 6.74. The number of morpholine rings is 1. The fourth-order valence-corrected chi connectivity index (χ4v) is 3.14. The molecule has 1 aromatic rings. The summed E-state index contributed by atoms with van der Waals surface area (Å²) in [6.07, 6.45) is 0.191. The van der Waals surface area contributed by atoms with E-state index >= 15 is 0 Å². The molecule has 2 N–H and O–H groups in total. The van der Waals surface area contributed by atoms with Crippen LogP contribution in [-0.4, -0.2) is 63.4 Å². The predicted molar refractivity (Wildman–Crippen MR) is 107 cm³/mol. The number of benzene rings is 1. The topological polar surface area (TPSA) is 58.1 Å². The van der Waals surface area contributed by atoms with E-state index in [-0.39, 0.29) is 6.10 Å². The van der Waals surface area contributed by atoms with Crippen LogP contribution in [0.25, 0.3) is 0 Å². The molecular formula is C20H34N4O2. The SMILES string of the molecule is CCOc1ccccc1CNC(=NC)NCC1CN(CC(C)C)CCO1. The maximum absolute atomic E-state index is 5.89. The third-order valence-corrected chi connectivity index (χ3v) is 4.29. The van der Waals surface area contributed by atoms with Crippen LogP contribution >= 0.6 is 0 Å². The number of ether oxygens (including phenoxy) is 2. The highest BCUT2D eigenvalue weighted by Gasteiger charge is 2.21. The monoisotopic (exact) mass is 362 g/mol. The molecule has 0 spiro atoms. The molecule has 6 nitrogen and oxygen atoms in total. The van der Waals surface area contributed by atoms with Crippen molar-refractivity contribution in [1.82, 2.24) is 15.5 Å². The molecule has 0 amide bonds. The molecule has 1 fully saturated rings. The van der Waals surface area contributed by atoms with Gasteiger partial charge in [0, 0.05) is 45.3 Å². The lowest BCUT2D eigenvalue weighted by Crippen LogP contribution is -2.50. The van der Waals surface area contributed by atoms with E-state index in [1.165, 1.54) is 0 Å². The van der Waals surface area contributed by atoms with Gasteiger partial charge >= 0.3 is 0 Å². The zero-order valence-electron chi connectivity index (χ0n) is 16.6. The molecule has 1 aliphatic heterocycles. The lowest BCUT2D eigenvalue weighted by Gasteiger charge is -2.34. The van der Waals surface area contributed by atoms with E-state index in [1.54, 1.807) is 7.05 Å². The molecule has 1 unspecified atom stereocenters. The number of hydrogen-bond donors (Lipinski definition) is 2. The molecule has 0 radical (unpaired) electrons. The number of nitrogens with zero attached hydrogens (tertiary/aromatic N) is 2. The van der Waals surface area contributed by atoms with E-state index < -0.39 is 0 Å². The van der Waals surface area contributed by atoms with Gasteiger partial charge in [-0.3, -0.25) is 9.89 Å². The summed E-state index contributed by atoms with van der Waals surface area (Å²) < 4.78 is 11.6. The number of hydrogen-bond acceptors (Lipinski definition) is 4. The summed E-state index contributed by atoms with van der Waals surface area (Å²) in [6.45, 7) is 12.5. The molecule has 0 saturated carbocycles. The van der Waals surface area contributed by atoms with Crippen LogP contribution in [0.2, 0.25) is 0 Å². The van der Waals surface area contributed by atoms with E-state index in [2.05, 4.69) is 40.4 Å². The highest BCUT2D eigenvalue weighted by molar-refractivity contribution is 5.79. The standard InChI is InChI=1S/C20H34N4O2/c1-5-25-19-9-7-6-8-17(19)12-22-20(21-4)23-13-18-15-24(10-11-26-18)14-16(2)3/h6-9,16,18H,5,10-15H2,1-4H3,(H2,21,22,23). The van der Waals surface area contributed by atoms with Gasteiger partial charge in [0.05, 0.1) is 19.3 Å². The van der Waals surface area contributed by atoms with Crippen molar-refractivity contribution in [3.05, 3.63) is 29.8 Å². The number of rotatable bonds is 8. The lowest BCUT2D eigenvalue weighted by molar-refractivity contribution is -0.0284. The van der Waals surface area contributed by atoms with Gasteiger partial charge in [0.15, 0.2) is 5.96 Å². The molecule has 0 aliphatic carbocycles. The number of para-hydroxylation sites is 1. The molecule has 1 aliphatic rings. The molecule has 6 heteroatoms. The Morgan fingerprint density at radius 3 is 2.88 bits per heavy atom. The van der Waals surface area contributed by atoms with Gasteiger partial charge in [-0.25, -0.2) is 0 Å². The molecule has 26 heavy (non-hydrogen) atoms. The van der Waals surface area contributed by atoms with Crippen molar-refractivity contribution in [1.29, 1.82) is 0 Å². The Bertz CT molecular complexity index is 562. The molecular weight excluding hydrogens is 328 g/mol. The van der Waals surface area contributed by atoms with Crippen molar-refractivity contribution in [3.8, 4) is 5.75 Å². The Morgan fingerprint density at radius 2 is 2.15 bits per heavy atom. The van der Waals surface area contributed by atoms with Crippen molar-refractivity contribution in [2.24, 2.45) is 10.9 Å². The van der Waals surface area contributed by atoms with Crippen LogP contribution in [0.4, 0.5) is 0 Å². The molecule has 2 rings (SSSR count). The van der Waals surface area contributed by atoms with Gasteiger partial charge < -0.3 is 20.1 Å². The van der Waals surface area contributed by atoms with Crippen molar-refractivity contribution in [2.75, 3.05) is 46.4 Å². The Balaban J connectivity index is 1.79. The van der Waals surface area contributed by atoms with Crippen LogP contribution in [0, 0.1) is 5.92 Å². The summed E-state index contributed by atoms with van der Waals surface area (Å²) in [7, 11) is 1.79. The fraction of sp³-hybridized carbons (Fsp3) is 0.650. The summed E-state index contributed by atoms with van der Waals surface area (Å²) in [6, 6.07) is 8.08. The van der Waals surface area contributed by atoms with E-state index in [9.17, 15) is 0 Å². The van der Waals surface area contributed by atoms with Gasteiger partial charge in [0.2, 0.25) is 0 Å². The van der Waals surface area contributed by atoms with E-state index in [0.717, 1.165) is 50.1 Å². The van der Waals surface area contributed by atoms with Gasteiger partial charge in [0.1, 0.15) is 5.75 Å². The average molecular weight is 363 g/mol. The third kappa shape index (κ3) is 6.84. The number of aliphatic imine (C=N–C) groups is 1. The summed E-state index contributed by atoms with van der Waals surface area (Å²) in [5.41, 5.74) is 1.12. The molecule has 0 aromatic heterocycles. The third-order valence-electron chi connectivity index (χ3n) is 4.29. The van der Waals surface area contributed by atoms with Crippen molar-refractivity contribution in [2.45, 2.75) is 33.4 Å². The first-order valence-corrected chi connectivity index (χ1v) is 9.61. The van der Waals surface area contributed by atoms with Crippen molar-refractivity contribution in [3.63, 3.8) is 0 Å². The number of guanidine groups is 1. The Kier molecular flexibility index (Phi) is 8.71. The zero-order chi connectivity index (χ0) is 18.8. The van der Waals surface area contributed by atoms with E-state index in [0.29, 0.717) is 19.1 Å². The van der Waals surface area contributed by atoms with Crippen molar-refractivity contribution < 1.29 is 9.47 Å². The first kappa shape index (κ1) is 20.5. The van der Waals surface area contributed by atoms with Crippen molar-refractivity contribution >= 4 is 5.96 Å². The summed E-state index contributed by atoms with van der Waals surface area (Å²) in [4.78, 5) is 6.80. The normalized spacial score (nSPS) is 18.8. The van der Waals surface area contributed by atoms with E-state index in [4.69, 9.17) is 9.47 Å². The van der Waals surface area contributed by atoms with Crippen LogP contribution in [0.15, 0.2) is 29.3 Å². The van der Waals surface area contributed by atoms with Crippen LogP contribution < -0.4 is 15.4 Å². The van der Waals surface area contributed by atoms with Gasteiger partial charge in [-0.05, 0) is 18.9 Å². The molecule has 1 saturated heterocycles. The zero-order valence-corrected chi connectivity index (χ0v) is 16.6. The van der Waals surface area contributed by atoms with Gasteiger partial charge in [-0.15, -0.1) is 0 Å². The Morgan fingerprint density at radius 1 is 1.35 bits per heavy atom. The first-order chi connectivity index (χ1) is 12.6. The Hall–Kier alpha value is -1.79. The van der Waals surface area contributed by atoms with Crippen LogP contribution in [0.1, 0.15) is 26.3 Å². The highest BCUT2D eigenvalue weighted by atomic mass is 16.5. The second kappa shape index (κ2) is 11.0. The minimum Gasteiger partial charge on any atom is -0.494 e. The molecule has 1 aromatic carbocycles. The van der Waals surface area contributed by atoms with Gasteiger partial charge in [-0.2, -0.15) is 0 Å². The second-order valence-corrected chi connectivity index (χ2v) is 6.99. The van der Waals surface area contributed by atoms with Crippen LogP contribution in [-0.2, 0) is 11.3 Å². The predicted octanol–water partition coefficient (Wildman–Crippen LogP) is 2.11. The largest absolute Gasteiger partial charge is 0.494 e. The van der Waals surface area contributed by atoms with Gasteiger partial charge in [-0.1, -0.05) is 32.0 Å². The van der Waals surface area contributed by atoms with Gasteiger partial charge in [0.25, 0.3) is 0 Å². The smallest absolute Gasteiger partial charge is 0.191 e.